The maximum absolute atomic E-state index is 12.0. The number of aliphatic imine (C=N–C) groups is 1. The van der Waals surface area contributed by atoms with Crippen molar-refractivity contribution in [1.82, 2.24) is 4.72 Å². The normalized spacial score (nSPS) is 15.8. The number of nitrogens with zero attached hydrogens (tertiary/aromatic N) is 1. The molecule has 0 saturated carbocycles. The average molecular weight is 444 g/mol. The van der Waals surface area contributed by atoms with Gasteiger partial charge in [0.25, 0.3) is 15.9 Å². The van der Waals surface area contributed by atoms with Gasteiger partial charge < -0.3 is 10.1 Å². The molecule has 3 rings (SSSR count). The van der Waals surface area contributed by atoms with Crippen LogP contribution in [0.4, 0.5) is 5.69 Å². The van der Waals surface area contributed by atoms with E-state index in [-0.39, 0.29) is 29.1 Å². The van der Waals surface area contributed by atoms with Crippen LogP contribution in [0.3, 0.4) is 0 Å². The number of anilines is 1. The first kappa shape index (κ1) is 22.5. The number of ether oxygens (including phenoxy) is 1. The molecule has 0 radical (unpaired) electrons. The van der Waals surface area contributed by atoms with Crippen LogP contribution in [-0.2, 0) is 29.8 Å². The number of carbonyl (C=O) groups excluding carboxylic acids is 2. The molecular formula is C22H25N3O5S. The lowest BCUT2D eigenvalue weighted by atomic mass is 9.87. The molecule has 0 unspecified atom stereocenters. The third-order valence-electron chi connectivity index (χ3n) is 4.65. The van der Waals surface area contributed by atoms with E-state index < -0.39 is 28.5 Å². The standard InChI is InChI=1S/C22H25N3O5S/c1-22(2,3)15-8-10-16(11-9-15)24-19(26)14-30-20(27)12-13-23-21-17-6-4-5-7-18(17)31(28,29)25-21/h4-11H,12-14H2,1-3H3,(H,23,25)(H,24,26). The molecule has 2 N–H and O–H groups in total. The van der Waals surface area contributed by atoms with Crippen LogP contribution in [-0.4, -0.2) is 39.3 Å². The van der Waals surface area contributed by atoms with Crippen molar-refractivity contribution in [3.63, 3.8) is 0 Å². The van der Waals surface area contributed by atoms with Crippen molar-refractivity contribution in [2.45, 2.75) is 37.5 Å². The summed E-state index contributed by atoms with van der Waals surface area (Å²) in [5.74, 6) is -0.850. The van der Waals surface area contributed by atoms with Crippen LogP contribution in [0.5, 0.6) is 0 Å². The van der Waals surface area contributed by atoms with Crippen molar-refractivity contribution in [2.75, 3.05) is 18.5 Å². The Kier molecular flexibility index (Phi) is 6.45. The van der Waals surface area contributed by atoms with Gasteiger partial charge in [0, 0.05) is 11.3 Å². The molecule has 0 bridgehead atoms. The molecule has 9 heteroatoms. The van der Waals surface area contributed by atoms with E-state index in [1.165, 1.54) is 6.07 Å². The van der Waals surface area contributed by atoms with Gasteiger partial charge in [0.2, 0.25) is 0 Å². The Morgan fingerprint density at radius 2 is 1.74 bits per heavy atom. The molecule has 1 aliphatic heterocycles. The van der Waals surface area contributed by atoms with Crippen LogP contribution >= 0.6 is 0 Å². The Bertz CT molecular complexity index is 1120. The van der Waals surface area contributed by atoms with E-state index in [9.17, 15) is 18.0 Å². The number of fused-ring (bicyclic) bond motifs is 1. The first-order chi connectivity index (χ1) is 14.6. The first-order valence-electron chi connectivity index (χ1n) is 9.79. The molecule has 0 spiro atoms. The Morgan fingerprint density at radius 1 is 1.06 bits per heavy atom. The number of carbonyl (C=O) groups is 2. The van der Waals surface area contributed by atoms with Gasteiger partial charge in [-0.2, -0.15) is 0 Å². The van der Waals surface area contributed by atoms with Crippen molar-refractivity contribution < 1.29 is 22.7 Å². The molecular weight excluding hydrogens is 418 g/mol. The number of benzene rings is 2. The van der Waals surface area contributed by atoms with Crippen LogP contribution in [0.15, 0.2) is 58.4 Å². The lowest BCUT2D eigenvalue weighted by Crippen LogP contribution is -2.23. The highest BCUT2D eigenvalue weighted by Gasteiger charge is 2.30. The highest BCUT2D eigenvalue weighted by molar-refractivity contribution is 7.90. The third-order valence-corrected chi connectivity index (χ3v) is 6.04. The largest absolute Gasteiger partial charge is 0.456 e. The zero-order chi connectivity index (χ0) is 22.6. The highest BCUT2D eigenvalue weighted by atomic mass is 32.2. The second-order valence-electron chi connectivity index (χ2n) is 8.12. The number of hydrogen-bond acceptors (Lipinski definition) is 6. The van der Waals surface area contributed by atoms with Gasteiger partial charge in [-0.25, -0.2) is 8.42 Å². The molecule has 31 heavy (non-hydrogen) atoms. The van der Waals surface area contributed by atoms with E-state index in [0.717, 1.165) is 5.56 Å². The van der Waals surface area contributed by atoms with Crippen molar-refractivity contribution in [3.05, 3.63) is 59.7 Å². The minimum Gasteiger partial charge on any atom is -0.456 e. The maximum atomic E-state index is 12.0. The van der Waals surface area contributed by atoms with Gasteiger partial charge in [0.15, 0.2) is 6.61 Å². The number of amides is 1. The summed E-state index contributed by atoms with van der Waals surface area (Å²) in [5, 5.41) is 2.68. The average Bonchev–Trinajstić information content (AvgIpc) is 2.97. The summed E-state index contributed by atoms with van der Waals surface area (Å²) in [6.45, 7) is 5.93. The molecule has 1 heterocycles. The zero-order valence-electron chi connectivity index (χ0n) is 17.6. The zero-order valence-corrected chi connectivity index (χ0v) is 18.5. The van der Waals surface area contributed by atoms with E-state index in [4.69, 9.17) is 4.74 Å². The summed E-state index contributed by atoms with van der Waals surface area (Å²) >= 11 is 0. The fourth-order valence-corrected chi connectivity index (χ4v) is 4.23. The minimum atomic E-state index is -3.62. The molecule has 0 fully saturated rings. The minimum absolute atomic E-state index is 0.0156. The number of rotatable bonds is 6. The van der Waals surface area contributed by atoms with Crippen LogP contribution in [0.25, 0.3) is 0 Å². The second-order valence-corrected chi connectivity index (χ2v) is 9.77. The molecule has 0 atom stereocenters. The number of sulfonamides is 1. The van der Waals surface area contributed by atoms with E-state index in [0.29, 0.717) is 11.3 Å². The predicted octanol–water partition coefficient (Wildman–Crippen LogP) is 2.59. The van der Waals surface area contributed by atoms with Crippen molar-refractivity contribution in [1.29, 1.82) is 0 Å². The van der Waals surface area contributed by atoms with Crippen LogP contribution in [0, 0.1) is 0 Å². The summed E-state index contributed by atoms with van der Waals surface area (Å²) in [6.07, 6.45) is -0.0824. The monoisotopic (exact) mass is 443 g/mol. The molecule has 0 saturated heterocycles. The van der Waals surface area contributed by atoms with Crippen molar-refractivity contribution >= 4 is 33.4 Å². The fourth-order valence-electron chi connectivity index (χ4n) is 2.98. The summed E-state index contributed by atoms with van der Waals surface area (Å²) < 4.78 is 31.4. The van der Waals surface area contributed by atoms with E-state index in [1.807, 2.05) is 12.1 Å². The Balaban J connectivity index is 1.46. The molecule has 2 aromatic rings. The second kappa shape index (κ2) is 8.89. The Hall–Kier alpha value is -3.20. The van der Waals surface area contributed by atoms with E-state index in [2.05, 4.69) is 35.8 Å². The molecule has 1 amide bonds. The summed E-state index contributed by atoms with van der Waals surface area (Å²) in [7, 11) is -3.62. The van der Waals surface area contributed by atoms with Gasteiger partial charge in [-0.15, -0.1) is 0 Å². The maximum Gasteiger partial charge on any atom is 0.308 e. The molecule has 8 nitrogen and oxygen atoms in total. The smallest absolute Gasteiger partial charge is 0.308 e. The quantitative estimate of drug-likeness (QED) is 0.666. The summed E-state index contributed by atoms with van der Waals surface area (Å²) in [6, 6.07) is 14.0. The van der Waals surface area contributed by atoms with Crippen LogP contribution < -0.4 is 10.0 Å². The van der Waals surface area contributed by atoms with Gasteiger partial charge in [-0.1, -0.05) is 45.0 Å². The van der Waals surface area contributed by atoms with Crippen molar-refractivity contribution in [2.24, 2.45) is 4.99 Å². The summed E-state index contributed by atoms with van der Waals surface area (Å²) in [4.78, 5) is 28.2. The van der Waals surface area contributed by atoms with Gasteiger partial charge >= 0.3 is 5.97 Å². The SMILES string of the molecule is CC(C)(C)c1ccc(NC(=O)COC(=O)CCN=C2NS(=O)(=O)c3ccccc32)cc1. The number of hydrogen-bond donors (Lipinski definition) is 2. The molecule has 2 aromatic carbocycles. The highest BCUT2D eigenvalue weighted by Crippen LogP contribution is 2.24. The van der Waals surface area contributed by atoms with Gasteiger partial charge in [-0.3, -0.25) is 19.3 Å². The lowest BCUT2D eigenvalue weighted by Gasteiger charge is -2.19. The number of esters is 1. The summed E-state index contributed by atoms with van der Waals surface area (Å²) in [5.41, 5.74) is 2.24. The lowest BCUT2D eigenvalue weighted by molar-refractivity contribution is -0.147. The predicted molar refractivity (Wildman–Crippen MR) is 118 cm³/mol. The van der Waals surface area contributed by atoms with E-state index in [1.54, 1.807) is 30.3 Å². The Labute approximate surface area is 181 Å². The molecule has 0 aromatic heterocycles. The fraction of sp³-hybridized carbons (Fsp3) is 0.318. The third kappa shape index (κ3) is 5.69. The number of amidine groups is 1. The topological polar surface area (TPSA) is 114 Å². The van der Waals surface area contributed by atoms with Crippen molar-refractivity contribution in [3.8, 4) is 0 Å². The van der Waals surface area contributed by atoms with Gasteiger partial charge in [0.05, 0.1) is 17.9 Å². The first-order valence-corrected chi connectivity index (χ1v) is 11.3. The molecule has 164 valence electrons. The number of nitrogens with one attached hydrogen (secondary N) is 2. The Morgan fingerprint density at radius 3 is 2.42 bits per heavy atom. The molecule has 1 aliphatic rings. The van der Waals surface area contributed by atoms with E-state index >= 15 is 0 Å². The van der Waals surface area contributed by atoms with Crippen LogP contribution in [0.1, 0.15) is 38.3 Å². The molecule has 0 aliphatic carbocycles. The van der Waals surface area contributed by atoms with Gasteiger partial charge in [0.1, 0.15) is 5.84 Å². The van der Waals surface area contributed by atoms with Crippen LogP contribution in [0.2, 0.25) is 0 Å². The van der Waals surface area contributed by atoms with Gasteiger partial charge in [-0.05, 0) is 35.2 Å².